The van der Waals surface area contributed by atoms with Gasteiger partial charge in [0.1, 0.15) is 17.5 Å². The van der Waals surface area contributed by atoms with E-state index in [9.17, 15) is 9.90 Å². The Balaban J connectivity index is 1.54. The Morgan fingerprint density at radius 1 is 1.29 bits per heavy atom. The van der Waals surface area contributed by atoms with Gasteiger partial charge < -0.3 is 19.4 Å². The summed E-state index contributed by atoms with van der Waals surface area (Å²) >= 11 is 0. The third-order valence-corrected chi connectivity index (χ3v) is 3.33. The van der Waals surface area contributed by atoms with E-state index in [1.54, 1.807) is 30.5 Å². The number of aromatic nitrogens is 3. The lowest BCUT2D eigenvalue weighted by Gasteiger charge is -2.13. The Morgan fingerprint density at radius 3 is 2.92 bits per heavy atom. The molecule has 1 amide bonds. The van der Waals surface area contributed by atoms with Gasteiger partial charge in [0.15, 0.2) is 0 Å². The van der Waals surface area contributed by atoms with Gasteiger partial charge in [-0.3, -0.25) is 9.78 Å². The van der Waals surface area contributed by atoms with Crippen LogP contribution in [0.2, 0.25) is 0 Å². The molecule has 24 heavy (non-hydrogen) atoms. The van der Waals surface area contributed by atoms with Crippen molar-refractivity contribution in [1.29, 1.82) is 0 Å². The summed E-state index contributed by atoms with van der Waals surface area (Å²) in [4.78, 5) is 20.3. The standard InChI is InChI=1S/C16H16N4O4/c21-10-12(13-5-3-9-23-13)18-14(22)6-7-15-19-16(20-24-15)11-4-1-2-8-17-11/h1-5,8-9,12,21H,6-7,10H2,(H,18,22). The minimum atomic E-state index is -0.570. The molecule has 1 atom stereocenters. The molecule has 0 saturated heterocycles. The van der Waals surface area contributed by atoms with Crippen molar-refractivity contribution >= 4 is 5.91 Å². The second kappa shape index (κ2) is 7.51. The molecule has 3 rings (SSSR count). The van der Waals surface area contributed by atoms with Crippen molar-refractivity contribution < 1.29 is 18.8 Å². The maximum absolute atomic E-state index is 12.0. The highest BCUT2D eigenvalue weighted by atomic mass is 16.5. The number of carbonyl (C=O) groups is 1. The van der Waals surface area contributed by atoms with Crippen LogP contribution in [0, 0.1) is 0 Å². The Hall–Kier alpha value is -3.00. The Morgan fingerprint density at radius 2 is 2.21 bits per heavy atom. The predicted octanol–water partition coefficient (Wildman–Crippen LogP) is 1.51. The van der Waals surface area contributed by atoms with Crippen molar-refractivity contribution in [2.24, 2.45) is 0 Å². The van der Waals surface area contributed by atoms with Crippen LogP contribution in [0.1, 0.15) is 24.1 Å². The Labute approximate surface area is 137 Å². The van der Waals surface area contributed by atoms with E-state index in [-0.39, 0.29) is 18.9 Å². The van der Waals surface area contributed by atoms with E-state index in [1.165, 1.54) is 6.26 Å². The van der Waals surface area contributed by atoms with Crippen molar-refractivity contribution in [1.82, 2.24) is 20.4 Å². The van der Waals surface area contributed by atoms with Crippen LogP contribution in [0.3, 0.4) is 0 Å². The molecule has 0 fully saturated rings. The summed E-state index contributed by atoms with van der Waals surface area (Å²) in [6.45, 7) is -0.246. The lowest BCUT2D eigenvalue weighted by molar-refractivity contribution is -0.122. The Kier molecular flexibility index (Phi) is 4.97. The summed E-state index contributed by atoms with van der Waals surface area (Å²) in [7, 11) is 0. The van der Waals surface area contributed by atoms with Gasteiger partial charge in [0.25, 0.3) is 0 Å². The lowest BCUT2D eigenvalue weighted by atomic mass is 10.2. The van der Waals surface area contributed by atoms with Crippen LogP contribution in [-0.4, -0.2) is 32.7 Å². The van der Waals surface area contributed by atoms with E-state index < -0.39 is 6.04 Å². The van der Waals surface area contributed by atoms with Gasteiger partial charge >= 0.3 is 0 Å². The molecular formula is C16H16N4O4. The van der Waals surface area contributed by atoms with Gasteiger partial charge in [0.2, 0.25) is 17.6 Å². The van der Waals surface area contributed by atoms with Crippen LogP contribution in [0.4, 0.5) is 0 Å². The van der Waals surface area contributed by atoms with Gasteiger partial charge in [-0.2, -0.15) is 4.98 Å². The number of carbonyl (C=O) groups excluding carboxylic acids is 1. The molecule has 0 aliphatic rings. The van der Waals surface area contributed by atoms with Crippen LogP contribution < -0.4 is 5.32 Å². The van der Waals surface area contributed by atoms with E-state index in [1.807, 2.05) is 6.07 Å². The zero-order chi connectivity index (χ0) is 16.8. The minimum absolute atomic E-state index is 0.154. The number of rotatable bonds is 7. The average molecular weight is 328 g/mol. The molecule has 0 spiro atoms. The van der Waals surface area contributed by atoms with Crippen molar-refractivity contribution in [2.45, 2.75) is 18.9 Å². The average Bonchev–Trinajstić information content (AvgIpc) is 3.30. The van der Waals surface area contributed by atoms with Gasteiger partial charge in [-0.15, -0.1) is 0 Å². The molecule has 0 bridgehead atoms. The van der Waals surface area contributed by atoms with E-state index in [0.717, 1.165) is 0 Å². The fourth-order valence-electron chi connectivity index (χ4n) is 2.14. The number of aliphatic hydroxyl groups excluding tert-OH is 1. The summed E-state index contributed by atoms with van der Waals surface area (Å²) in [5.41, 5.74) is 0.607. The maximum atomic E-state index is 12.0. The number of hydrogen-bond acceptors (Lipinski definition) is 7. The topological polar surface area (TPSA) is 114 Å². The molecule has 2 N–H and O–H groups in total. The first-order chi connectivity index (χ1) is 11.8. The highest BCUT2D eigenvalue weighted by Gasteiger charge is 2.17. The zero-order valence-electron chi connectivity index (χ0n) is 12.8. The van der Waals surface area contributed by atoms with E-state index >= 15 is 0 Å². The largest absolute Gasteiger partial charge is 0.467 e. The summed E-state index contributed by atoms with van der Waals surface area (Å²) in [5.74, 6) is 0.989. The van der Waals surface area contributed by atoms with Crippen molar-refractivity contribution in [3.05, 3.63) is 54.4 Å². The first-order valence-electron chi connectivity index (χ1n) is 7.44. The van der Waals surface area contributed by atoms with Crippen molar-refractivity contribution in [3.63, 3.8) is 0 Å². The van der Waals surface area contributed by atoms with Crippen LogP contribution >= 0.6 is 0 Å². The molecule has 3 heterocycles. The first kappa shape index (κ1) is 15.9. The SMILES string of the molecule is O=C(CCc1nc(-c2ccccn2)no1)NC(CO)c1ccco1. The second-order valence-electron chi connectivity index (χ2n) is 5.04. The summed E-state index contributed by atoms with van der Waals surface area (Å²) < 4.78 is 10.3. The smallest absolute Gasteiger partial charge is 0.227 e. The van der Waals surface area contributed by atoms with Gasteiger partial charge in [-0.05, 0) is 24.3 Å². The number of aliphatic hydroxyl groups is 1. The van der Waals surface area contributed by atoms with Crippen molar-refractivity contribution in [3.8, 4) is 11.5 Å². The molecule has 0 aliphatic carbocycles. The molecule has 0 radical (unpaired) electrons. The number of aryl methyl sites for hydroxylation is 1. The van der Waals surface area contributed by atoms with Crippen LogP contribution in [0.15, 0.2) is 51.7 Å². The minimum Gasteiger partial charge on any atom is -0.467 e. The Bertz CT molecular complexity index is 770. The van der Waals surface area contributed by atoms with Gasteiger partial charge in [-0.25, -0.2) is 0 Å². The third-order valence-electron chi connectivity index (χ3n) is 3.33. The van der Waals surface area contributed by atoms with Crippen LogP contribution in [-0.2, 0) is 11.2 Å². The number of hydrogen-bond donors (Lipinski definition) is 2. The molecule has 8 nitrogen and oxygen atoms in total. The number of amides is 1. The summed E-state index contributed by atoms with van der Waals surface area (Å²) in [5, 5.41) is 15.9. The monoisotopic (exact) mass is 328 g/mol. The first-order valence-corrected chi connectivity index (χ1v) is 7.44. The summed E-state index contributed by atoms with van der Waals surface area (Å²) in [6, 6.07) is 8.22. The normalized spacial score (nSPS) is 12.0. The molecule has 0 aliphatic heterocycles. The molecule has 0 aromatic carbocycles. The highest BCUT2D eigenvalue weighted by Crippen LogP contribution is 2.14. The van der Waals surface area contributed by atoms with Crippen LogP contribution in [0.5, 0.6) is 0 Å². The molecule has 3 aromatic rings. The number of nitrogens with one attached hydrogen (secondary N) is 1. The molecule has 1 unspecified atom stereocenters. The second-order valence-corrected chi connectivity index (χ2v) is 5.04. The lowest BCUT2D eigenvalue weighted by Crippen LogP contribution is -2.30. The quantitative estimate of drug-likeness (QED) is 0.675. The van der Waals surface area contributed by atoms with Crippen molar-refractivity contribution in [2.75, 3.05) is 6.61 Å². The van der Waals surface area contributed by atoms with E-state index in [0.29, 0.717) is 29.6 Å². The number of pyridine rings is 1. The van der Waals surface area contributed by atoms with Crippen LogP contribution in [0.25, 0.3) is 11.5 Å². The molecular weight excluding hydrogens is 312 g/mol. The van der Waals surface area contributed by atoms with Gasteiger partial charge in [-0.1, -0.05) is 11.2 Å². The fourth-order valence-corrected chi connectivity index (χ4v) is 2.14. The highest BCUT2D eigenvalue weighted by molar-refractivity contribution is 5.76. The number of nitrogens with zero attached hydrogens (tertiary/aromatic N) is 3. The molecule has 124 valence electrons. The zero-order valence-corrected chi connectivity index (χ0v) is 12.8. The van der Waals surface area contributed by atoms with Gasteiger partial charge in [0.05, 0.1) is 12.9 Å². The fraction of sp³-hybridized carbons (Fsp3) is 0.250. The predicted molar refractivity (Wildman–Crippen MR) is 82.5 cm³/mol. The van der Waals surface area contributed by atoms with E-state index in [2.05, 4.69) is 20.4 Å². The third kappa shape index (κ3) is 3.85. The van der Waals surface area contributed by atoms with Gasteiger partial charge in [0, 0.05) is 19.0 Å². The molecule has 3 aromatic heterocycles. The number of furan rings is 1. The molecule has 8 heteroatoms. The van der Waals surface area contributed by atoms with E-state index in [4.69, 9.17) is 8.94 Å². The maximum Gasteiger partial charge on any atom is 0.227 e. The molecule has 0 saturated carbocycles. The summed E-state index contributed by atoms with van der Waals surface area (Å²) in [6.07, 6.45) is 3.58.